The second-order valence-corrected chi connectivity index (χ2v) is 9.77. The minimum atomic E-state index is -0.291. The van der Waals surface area contributed by atoms with Crippen LogP contribution in [0.25, 0.3) is 33.6 Å². The lowest BCUT2D eigenvalue weighted by molar-refractivity contribution is 0.101. The Labute approximate surface area is 226 Å². The molecule has 6 rings (SSSR count). The molecular formula is C30H20BrClN2O3. The third-order valence-electron chi connectivity index (χ3n) is 6.34. The molecule has 7 heteroatoms. The van der Waals surface area contributed by atoms with E-state index in [1.54, 1.807) is 22.9 Å². The van der Waals surface area contributed by atoms with Gasteiger partial charge in [0.1, 0.15) is 0 Å². The number of carbonyl (C=O) groups is 2. The topological polar surface area (TPSA) is 82.6 Å². The molecule has 0 saturated carbocycles. The van der Waals surface area contributed by atoms with Gasteiger partial charge in [0.2, 0.25) is 0 Å². The van der Waals surface area contributed by atoms with Crippen LogP contribution in [-0.2, 0) is 0 Å². The van der Waals surface area contributed by atoms with Gasteiger partial charge in [-0.25, -0.2) is 0 Å². The third-order valence-corrected chi connectivity index (χ3v) is 7.19. The number of nitrogens with zero attached hydrogens (tertiary/aromatic N) is 1. The second kappa shape index (κ2) is 9.82. The van der Waals surface area contributed by atoms with Crippen LogP contribution in [-0.4, -0.2) is 21.8 Å². The standard InChI is InChI=1S/C30H18BrClN2O2.H2O/c31-20-16-14-18(15-17-20)25-26-27(21-10-4-5-11-22(21)29(26)35)34(28(25)23-12-6-7-13-24(23)32)33-30(36)19-8-2-1-3-9-19;/h1-17H,(H,33,36);1H2. The van der Waals surface area contributed by atoms with Crippen LogP contribution in [0.15, 0.2) is 108 Å². The number of aromatic nitrogens is 1. The molecule has 0 bridgehead atoms. The van der Waals surface area contributed by atoms with Crippen molar-refractivity contribution in [1.29, 1.82) is 0 Å². The Bertz CT molecular complexity index is 1660. The van der Waals surface area contributed by atoms with E-state index in [1.807, 2.05) is 84.9 Å². The fourth-order valence-corrected chi connectivity index (χ4v) is 5.23. The Morgan fingerprint density at radius 3 is 1.95 bits per heavy atom. The molecule has 5 nitrogen and oxygen atoms in total. The number of rotatable bonds is 4. The second-order valence-electron chi connectivity index (χ2n) is 8.45. The summed E-state index contributed by atoms with van der Waals surface area (Å²) in [4.78, 5) is 27.2. The van der Waals surface area contributed by atoms with Crippen molar-refractivity contribution in [2.45, 2.75) is 0 Å². The highest BCUT2D eigenvalue weighted by Crippen LogP contribution is 2.49. The van der Waals surface area contributed by atoms with Crippen molar-refractivity contribution < 1.29 is 15.1 Å². The molecule has 0 atom stereocenters. The van der Waals surface area contributed by atoms with Gasteiger partial charge < -0.3 is 5.48 Å². The smallest absolute Gasteiger partial charge is 0.270 e. The van der Waals surface area contributed by atoms with Gasteiger partial charge in [-0.1, -0.05) is 100 Å². The van der Waals surface area contributed by atoms with Crippen LogP contribution in [0.1, 0.15) is 26.3 Å². The molecule has 0 aliphatic heterocycles. The van der Waals surface area contributed by atoms with E-state index in [-0.39, 0.29) is 17.2 Å². The zero-order valence-corrected chi connectivity index (χ0v) is 21.7. The van der Waals surface area contributed by atoms with Crippen LogP contribution in [0, 0.1) is 0 Å². The highest BCUT2D eigenvalue weighted by Gasteiger charge is 2.38. The fraction of sp³-hybridized carbons (Fsp3) is 0. The quantitative estimate of drug-likeness (QED) is 0.247. The number of ketones is 1. The zero-order chi connectivity index (χ0) is 24.8. The molecule has 182 valence electrons. The number of halogens is 2. The molecule has 1 amide bonds. The van der Waals surface area contributed by atoms with Gasteiger partial charge >= 0.3 is 0 Å². The van der Waals surface area contributed by atoms with Crippen molar-refractivity contribution in [3.8, 4) is 33.6 Å². The molecule has 4 aromatic carbocycles. The Morgan fingerprint density at radius 2 is 1.27 bits per heavy atom. The lowest BCUT2D eigenvalue weighted by Gasteiger charge is -2.17. The SMILES string of the molecule is O.O=C(Nn1c2c(c(-c3ccc(Br)cc3)c1-c1ccccc1Cl)C(=O)c1ccccc1-2)c1ccccc1. The molecule has 37 heavy (non-hydrogen) atoms. The number of benzene rings is 4. The molecular weight excluding hydrogens is 552 g/mol. The fourth-order valence-electron chi connectivity index (χ4n) is 4.74. The summed E-state index contributed by atoms with van der Waals surface area (Å²) in [7, 11) is 0. The summed E-state index contributed by atoms with van der Waals surface area (Å²) in [5.74, 6) is -0.375. The molecule has 0 spiro atoms. The largest absolute Gasteiger partial charge is 0.412 e. The van der Waals surface area contributed by atoms with Crippen LogP contribution in [0.3, 0.4) is 0 Å². The predicted molar refractivity (Wildman–Crippen MR) is 151 cm³/mol. The van der Waals surface area contributed by atoms with E-state index in [4.69, 9.17) is 11.6 Å². The van der Waals surface area contributed by atoms with Gasteiger partial charge in [-0.05, 0) is 35.9 Å². The van der Waals surface area contributed by atoms with Crippen molar-refractivity contribution in [1.82, 2.24) is 4.68 Å². The maximum atomic E-state index is 13.8. The van der Waals surface area contributed by atoms with E-state index in [0.29, 0.717) is 38.7 Å². The van der Waals surface area contributed by atoms with Crippen molar-refractivity contribution in [2.75, 3.05) is 5.43 Å². The maximum absolute atomic E-state index is 13.8. The minimum Gasteiger partial charge on any atom is -0.412 e. The Kier molecular flexibility index (Phi) is 6.56. The van der Waals surface area contributed by atoms with Crippen LogP contribution >= 0.6 is 27.5 Å². The van der Waals surface area contributed by atoms with Crippen LogP contribution in [0.5, 0.6) is 0 Å². The molecule has 5 aromatic rings. The van der Waals surface area contributed by atoms with Crippen molar-refractivity contribution >= 4 is 39.2 Å². The molecule has 0 fully saturated rings. The number of fused-ring (bicyclic) bond motifs is 3. The van der Waals surface area contributed by atoms with Crippen molar-refractivity contribution in [2.24, 2.45) is 0 Å². The van der Waals surface area contributed by atoms with Gasteiger partial charge in [-0.15, -0.1) is 0 Å². The van der Waals surface area contributed by atoms with E-state index in [9.17, 15) is 9.59 Å². The minimum absolute atomic E-state index is 0. The number of nitrogens with one attached hydrogen (secondary N) is 1. The maximum Gasteiger partial charge on any atom is 0.270 e. The number of carbonyl (C=O) groups excluding carboxylic acids is 2. The van der Waals surface area contributed by atoms with E-state index >= 15 is 0 Å². The molecule has 1 heterocycles. The summed E-state index contributed by atoms with van der Waals surface area (Å²) in [6.45, 7) is 0. The molecule has 3 N–H and O–H groups in total. The summed E-state index contributed by atoms with van der Waals surface area (Å²) in [6.07, 6.45) is 0. The first-order valence-corrected chi connectivity index (χ1v) is 12.5. The summed E-state index contributed by atoms with van der Waals surface area (Å²) < 4.78 is 2.65. The van der Waals surface area contributed by atoms with Gasteiger partial charge in [0.15, 0.2) is 5.78 Å². The van der Waals surface area contributed by atoms with Crippen LogP contribution < -0.4 is 5.43 Å². The summed E-state index contributed by atoms with van der Waals surface area (Å²) in [5.41, 5.74) is 9.08. The van der Waals surface area contributed by atoms with Gasteiger partial charge in [0.05, 0.1) is 17.0 Å². The normalized spacial score (nSPS) is 11.5. The average molecular weight is 572 g/mol. The number of hydrogen-bond acceptors (Lipinski definition) is 2. The van der Waals surface area contributed by atoms with E-state index < -0.39 is 0 Å². The molecule has 0 saturated heterocycles. The summed E-state index contributed by atoms with van der Waals surface area (Å²) in [5, 5.41) is 0.517. The lowest BCUT2D eigenvalue weighted by atomic mass is 9.95. The monoisotopic (exact) mass is 570 g/mol. The summed E-state index contributed by atoms with van der Waals surface area (Å²) in [6, 6.07) is 31.7. The Morgan fingerprint density at radius 1 is 0.703 bits per heavy atom. The lowest BCUT2D eigenvalue weighted by Crippen LogP contribution is -2.24. The van der Waals surface area contributed by atoms with Gasteiger partial charge in [0.25, 0.3) is 5.91 Å². The first-order valence-electron chi connectivity index (χ1n) is 11.3. The van der Waals surface area contributed by atoms with Gasteiger partial charge in [-0.3, -0.25) is 19.7 Å². The Hall–Kier alpha value is -3.97. The first-order chi connectivity index (χ1) is 17.5. The number of hydrogen-bond donors (Lipinski definition) is 1. The molecule has 1 aliphatic carbocycles. The summed E-state index contributed by atoms with van der Waals surface area (Å²) >= 11 is 10.2. The molecule has 1 aliphatic rings. The predicted octanol–water partition coefficient (Wildman–Crippen LogP) is 7.01. The van der Waals surface area contributed by atoms with Crippen molar-refractivity contribution in [3.05, 3.63) is 129 Å². The first kappa shape index (κ1) is 24.7. The molecule has 0 unspecified atom stereocenters. The highest BCUT2D eigenvalue weighted by molar-refractivity contribution is 9.10. The van der Waals surface area contributed by atoms with E-state index in [1.165, 1.54) is 0 Å². The van der Waals surface area contributed by atoms with E-state index in [0.717, 1.165) is 21.2 Å². The molecule has 0 radical (unpaired) electrons. The van der Waals surface area contributed by atoms with Crippen LogP contribution in [0.4, 0.5) is 0 Å². The number of amides is 1. The highest BCUT2D eigenvalue weighted by atomic mass is 79.9. The van der Waals surface area contributed by atoms with Gasteiger partial charge in [-0.2, -0.15) is 0 Å². The van der Waals surface area contributed by atoms with Crippen molar-refractivity contribution in [3.63, 3.8) is 0 Å². The average Bonchev–Trinajstić information content (AvgIpc) is 3.38. The van der Waals surface area contributed by atoms with Crippen LogP contribution in [0.2, 0.25) is 5.02 Å². The van der Waals surface area contributed by atoms with E-state index in [2.05, 4.69) is 21.4 Å². The van der Waals surface area contributed by atoms with Gasteiger partial charge in [0, 0.05) is 37.3 Å². The zero-order valence-electron chi connectivity index (χ0n) is 19.3. The third kappa shape index (κ3) is 4.09. The Balaban J connectivity index is 0.00000280. The molecule has 1 aromatic heterocycles.